The van der Waals surface area contributed by atoms with Crippen LogP contribution in [-0.4, -0.2) is 47.2 Å². The minimum atomic E-state index is -3.58. The van der Waals surface area contributed by atoms with E-state index >= 15 is 0 Å². The molecule has 1 N–H and O–H groups in total. The fourth-order valence-corrected chi connectivity index (χ4v) is 2.75. The van der Waals surface area contributed by atoms with Crippen LogP contribution in [0.2, 0.25) is 0 Å². The van der Waals surface area contributed by atoms with Gasteiger partial charge in [0.05, 0.1) is 6.20 Å². The predicted octanol–water partition coefficient (Wildman–Crippen LogP) is 0.778. The molecule has 0 atom stereocenters. The van der Waals surface area contributed by atoms with Crippen molar-refractivity contribution in [2.24, 2.45) is 0 Å². The molecular formula is C11H19N3O4S. The van der Waals surface area contributed by atoms with Gasteiger partial charge in [0.15, 0.2) is 0 Å². The summed E-state index contributed by atoms with van der Waals surface area (Å²) >= 11 is 0. The van der Waals surface area contributed by atoms with Crippen LogP contribution in [0.1, 0.15) is 26.2 Å². The second kappa shape index (κ2) is 6.67. The summed E-state index contributed by atoms with van der Waals surface area (Å²) in [4.78, 5) is 10.5. The van der Waals surface area contributed by atoms with E-state index in [1.54, 1.807) is 0 Å². The number of carboxylic acid groups (broad SMARTS) is 1. The molecule has 0 spiro atoms. The van der Waals surface area contributed by atoms with Crippen molar-refractivity contribution in [1.82, 2.24) is 14.1 Å². The third-order valence-electron chi connectivity index (χ3n) is 2.69. The third-order valence-corrected chi connectivity index (χ3v) is 4.50. The van der Waals surface area contributed by atoms with E-state index < -0.39 is 16.0 Å². The minimum absolute atomic E-state index is 0.0211. The Kier molecular flexibility index (Phi) is 5.49. The van der Waals surface area contributed by atoms with Crippen molar-refractivity contribution < 1.29 is 18.3 Å². The molecule has 0 amide bonds. The molecule has 0 radical (unpaired) electrons. The van der Waals surface area contributed by atoms with Gasteiger partial charge in [0.1, 0.15) is 11.4 Å². The van der Waals surface area contributed by atoms with Gasteiger partial charge in [-0.2, -0.15) is 5.10 Å². The van der Waals surface area contributed by atoms with E-state index in [0.717, 1.165) is 23.9 Å². The number of aliphatic carboxylic acids is 1. The lowest BCUT2D eigenvalue weighted by molar-refractivity contribution is -0.137. The van der Waals surface area contributed by atoms with Crippen molar-refractivity contribution in [3.05, 3.63) is 12.4 Å². The van der Waals surface area contributed by atoms with E-state index in [4.69, 9.17) is 5.11 Å². The molecule has 0 saturated carbocycles. The normalized spacial score (nSPS) is 11.9. The lowest BCUT2D eigenvalue weighted by atomic mass is 10.2. The van der Waals surface area contributed by atoms with Crippen LogP contribution in [0.15, 0.2) is 17.3 Å². The Morgan fingerprint density at radius 2 is 2.16 bits per heavy atom. The third kappa shape index (κ3) is 4.32. The van der Waals surface area contributed by atoms with Crippen LogP contribution >= 0.6 is 0 Å². The highest BCUT2D eigenvalue weighted by Crippen LogP contribution is 2.14. The first-order valence-electron chi connectivity index (χ1n) is 6.08. The fraction of sp³-hybridized carbons (Fsp3) is 0.636. The fourth-order valence-electron chi connectivity index (χ4n) is 1.59. The van der Waals surface area contributed by atoms with E-state index in [1.807, 2.05) is 6.92 Å². The number of sulfonamides is 1. The average Bonchev–Trinajstić information content (AvgIpc) is 2.77. The summed E-state index contributed by atoms with van der Waals surface area (Å²) in [6.07, 6.45) is 5.20. The molecule has 1 heterocycles. The van der Waals surface area contributed by atoms with E-state index in [-0.39, 0.29) is 11.4 Å². The van der Waals surface area contributed by atoms with E-state index in [2.05, 4.69) is 5.10 Å². The van der Waals surface area contributed by atoms with Gasteiger partial charge in [-0.05, 0) is 6.42 Å². The zero-order valence-corrected chi connectivity index (χ0v) is 11.9. The van der Waals surface area contributed by atoms with Gasteiger partial charge >= 0.3 is 5.97 Å². The van der Waals surface area contributed by atoms with Gasteiger partial charge in [-0.25, -0.2) is 12.7 Å². The quantitative estimate of drug-likeness (QED) is 0.714. The molecule has 1 aromatic heterocycles. The molecular weight excluding hydrogens is 270 g/mol. The van der Waals surface area contributed by atoms with Crippen LogP contribution in [0.4, 0.5) is 0 Å². The Morgan fingerprint density at radius 1 is 1.47 bits per heavy atom. The van der Waals surface area contributed by atoms with Crippen LogP contribution in [0.3, 0.4) is 0 Å². The summed E-state index contributed by atoms with van der Waals surface area (Å²) in [6, 6.07) is 0. The molecule has 1 rings (SSSR count). The van der Waals surface area contributed by atoms with Gasteiger partial charge in [-0.15, -0.1) is 0 Å². The first kappa shape index (κ1) is 15.6. The number of hydrogen-bond acceptors (Lipinski definition) is 4. The lowest BCUT2D eigenvalue weighted by Crippen LogP contribution is -2.27. The molecule has 8 heteroatoms. The maximum Gasteiger partial charge on any atom is 0.325 e. The molecule has 0 aliphatic heterocycles. The smallest absolute Gasteiger partial charge is 0.325 e. The number of aromatic nitrogens is 2. The molecule has 0 aliphatic carbocycles. The molecule has 108 valence electrons. The second-order valence-electron chi connectivity index (χ2n) is 4.30. The molecule has 0 unspecified atom stereocenters. The summed E-state index contributed by atoms with van der Waals surface area (Å²) in [6.45, 7) is 2.14. The van der Waals surface area contributed by atoms with Crippen LogP contribution in [0.25, 0.3) is 0 Å². The zero-order chi connectivity index (χ0) is 14.5. The summed E-state index contributed by atoms with van der Waals surface area (Å²) in [5.74, 6) is -1.07. The Morgan fingerprint density at radius 3 is 2.74 bits per heavy atom. The Hall–Kier alpha value is -1.41. The number of hydrogen-bond donors (Lipinski definition) is 1. The molecule has 0 bridgehead atoms. The van der Waals surface area contributed by atoms with Gasteiger partial charge in [0.2, 0.25) is 10.0 Å². The Balaban J connectivity index is 2.76. The molecule has 0 saturated heterocycles. The van der Waals surface area contributed by atoms with Crippen LogP contribution in [0, 0.1) is 0 Å². The average molecular weight is 289 g/mol. The first-order chi connectivity index (χ1) is 8.87. The highest BCUT2D eigenvalue weighted by molar-refractivity contribution is 7.89. The highest BCUT2D eigenvalue weighted by atomic mass is 32.2. The first-order valence-corrected chi connectivity index (χ1v) is 7.52. The second-order valence-corrected chi connectivity index (χ2v) is 6.35. The molecule has 0 aromatic carbocycles. The molecule has 7 nitrogen and oxygen atoms in total. The van der Waals surface area contributed by atoms with Crippen molar-refractivity contribution in [2.75, 3.05) is 13.6 Å². The van der Waals surface area contributed by atoms with Gasteiger partial charge in [-0.3, -0.25) is 9.48 Å². The lowest BCUT2D eigenvalue weighted by Gasteiger charge is -2.15. The Labute approximate surface area is 112 Å². The number of carboxylic acids is 1. The van der Waals surface area contributed by atoms with Crippen LogP contribution in [-0.2, 0) is 21.4 Å². The molecule has 1 aromatic rings. The summed E-state index contributed by atoms with van der Waals surface area (Å²) in [7, 11) is -2.06. The molecule has 0 aliphatic rings. The SMILES string of the molecule is CCCCCN(C)S(=O)(=O)c1cnn(CC(=O)O)c1. The molecule has 19 heavy (non-hydrogen) atoms. The largest absolute Gasteiger partial charge is 0.480 e. The zero-order valence-electron chi connectivity index (χ0n) is 11.1. The number of rotatable bonds is 8. The summed E-state index contributed by atoms with van der Waals surface area (Å²) < 4.78 is 26.7. The minimum Gasteiger partial charge on any atom is -0.480 e. The number of carbonyl (C=O) groups is 1. The van der Waals surface area contributed by atoms with Gasteiger partial charge in [0.25, 0.3) is 0 Å². The van der Waals surface area contributed by atoms with Crippen LogP contribution < -0.4 is 0 Å². The van der Waals surface area contributed by atoms with Gasteiger partial charge in [-0.1, -0.05) is 19.8 Å². The van der Waals surface area contributed by atoms with Crippen molar-refractivity contribution in [1.29, 1.82) is 0 Å². The topological polar surface area (TPSA) is 92.5 Å². The monoisotopic (exact) mass is 289 g/mol. The number of nitrogens with zero attached hydrogens (tertiary/aromatic N) is 3. The van der Waals surface area contributed by atoms with Gasteiger partial charge in [0, 0.05) is 19.8 Å². The van der Waals surface area contributed by atoms with E-state index in [1.165, 1.54) is 23.7 Å². The summed E-state index contributed by atoms with van der Waals surface area (Å²) in [5, 5.41) is 12.3. The van der Waals surface area contributed by atoms with E-state index in [9.17, 15) is 13.2 Å². The van der Waals surface area contributed by atoms with Crippen molar-refractivity contribution in [3.8, 4) is 0 Å². The van der Waals surface area contributed by atoms with Crippen molar-refractivity contribution in [3.63, 3.8) is 0 Å². The Bertz CT molecular complexity index is 524. The predicted molar refractivity (Wildman–Crippen MR) is 69.2 cm³/mol. The maximum absolute atomic E-state index is 12.2. The van der Waals surface area contributed by atoms with Crippen molar-refractivity contribution >= 4 is 16.0 Å². The van der Waals surface area contributed by atoms with Gasteiger partial charge < -0.3 is 5.11 Å². The molecule has 0 fully saturated rings. The van der Waals surface area contributed by atoms with Crippen molar-refractivity contribution in [2.45, 2.75) is 37.6 Å². The number of unbranched alkanes of at least 4 members (excludes halogenated alkanes) is 2. The summed E-state index contributed by atoms with van der Waals surface area (Å²) in [5.41, 5.74) is 0. The van der Waals surface area contributed by atoms with E-state index in [0.29, 0.717) is 6.54 Å². The standard InChI is InChI=1S/C11H19N3O4S/c1-3-4-5-6-13(2)19(17,18)10-7-12-14(8-10)9-11(15)16/h7-8H,3-6,9H2,1-2H3,(H,15,16). The van der Waals surface area contributed by atoms with Crippen LogP contribution in [0.5, 0.6) is 0 Å². The highest BCUT2D eigenvalue weighted by Gasteiger charge is 2.22. The maximum atomic E-state index is 12.2.